The third-order valence-corrected chi connectivity index (χ3v) is 3.16. The minimum Gasteiger partial charge on any atom is -0.353 e. The normalized spacial score (nSPS) is 21.9. The molecule has 1 N–H and O–H groups in total. The maximum atomic E-state index is 10.9. The Balaban J connectivity index is 1.95. The number of nitrogens with one attached hydrogen (secondary N) is 1. The van der Waals surface area contributed by atoms with Crippen LogP contribution in [0.25, 0.3) is 0 Å². The van der Waals surface area contributed by atoms with Gasteiger partial charge in [-0.15, -0.1) is 11.3 Å². The molecule has 1 aliphatic heterocycles. The van der Waals surface area contributed by atoms with E-state index in [0.717, 1.165) is 23.5 Å². The molecule has 0 spiro atoms. The van der Waals surface area contributed by atoms with Gasteiger partial charge in [0.05, 0.1) is 5.01 Å². The topological polar surface area (TPSA) is 42.0 Å². The van der Waals surface area contributed by atoms with E-state index in [1.807, 2.05) is 12.3 Å². The molecular formula is C9H12N2OS. The highest BCUT2D eigenvalue weighted by Gasteiger charge is 2.21. The van der Waals surface area contributed by atoms with Gasteiger partial charge in [-0.25, -0.2) is 4.98 Å². The molecule has 0 bridgehead atoms. The number of aromatic nitrogens is 1. The predicted octanol–water partition coefficient (Wildman–Crippen LogP) is 1.27. The average molecular weight is 196 g/mol. The number of aryl methyl sites for hydroxylation is 1. The van der Waals surface area contributed by atoms with Gasteiger partial charge in [-0.3, -0.25) is 4.79 Å². The van der Waals surface area contributed by atoms with E-state index in [9.17, 15) is 4.79 Å². The Morgan fingerprint density at radius 3 is 3.15 bits per heavy atom. The van der Waals surface area contributed by atoms with Gasteiger partial charge in [0.15, 0.2) is 0 Å². The van der Waals surface area contributed by atoms with Crippen LogP contribution < -0.4 is 5.32 Å². The molecule has 1 fully saturated rings. The van der Waals surface area contributed by atoms with Crippen LogP contribution in [-0.4, -0.2) is 16.9 Å². The van der Waals surface area contributed by atoms with Crippen molar-refractivity contribution in [3.8, 4) is 0 Å². The first-order valence-electron chi connectivity index (χ1n) is 4.44. The summed E-state index contributed by atoms with van der Waals surface area (Å²) >= 11 is 1.68. The summed E-state index contributed by atoms with van der Waals surface area (Å²) in [5, 5.41) is 6.12. The summed E-state index contributed by atoms with van der Waals surface area (Å²) < 4.78 is 0. The summed E-state index contributed by atoms with van der Waals surface area (Å²) in [6.07, 6.45) is 2.52. The Morgan fingerprint density at radius 1 is 1.77 bits per heavy atom. The van der Waals surface area contributed by atoms with Gasteiger partial charge < -0.3 is 5.32 Å². The second kappa shape index (κ2) is 3.46. The van der Waals surface area contributed by atoms with Crippen LogP contribution in [0.3, 0.4) is 0 Å². The van der Waals surface area contributed by atoms with Crippen LogP contribution in [0.5, 0.6) is 0 Å². The number of nitrogens with zero attached hydrogens (tertiary/aromatic N) is 1. The van der Waals surface area contributed by atoms with E-state index in [1.54, 1.807) is 11.3 Å². The van der Waals surface area contributed by atoms with Gasteiger partial charge in [-0.05, 0) is 13.3 Å². The summed E-state index contributed by atoms with van der Waals surface area (Å²) in [5.74, 6) is 0.179. The SMILES string of the molecule is Cc1csc(CC2CCC(=O)N2)n1. The molecule has 1 aromatic heterocycles. The minimum atomic E-state index is 0.179. The molecular weight excluding hydrogens is 184 g/mol. The summed E-state index contributed by atoms with van der Waals surface area (Å²) in [6.45, 7) is 1.99. The lowest BCUT2D eigenvalue weighted by atomic mass is 10.2. The zero-order valence-corrected chi connectivity index (χ0v) is 8.36. The number of thiazole rings is 1. The van der Waals surface area contributed by atoms with Crippen LogP contribution in [0.2, 0.25) is 0 Å². The zero-order valence-electron chi connectivity index (χ0n) is 7.54. The van der Waals surface area contributed by atoms with Crippen molar-refractivity contribution < 1.29 is 4.79 Å². The van der Waals surface area contributed by atoms with Gasteiger partial charge in [0.25, 0.3) is 0 Å². The molecule has 0 radical (unpaired) electrons. The number of hydrogen-bond acceptors (Lipinski definition) is 3. The summed E-state index contributed by atoms with van der Waals surface area (Å²) in [5.41, 5.74) is 1.07. The van der Waals surface area contributed by atoms with Crippen molar-refractivity contribution >= 4 is 17.2 Å². The van der Waals surface area contributed by atoms with Crippen molar-refractivity contribution in [1.82, 2.24) is 10.3 Å². The summed E-state index contributed by atoms with van der Waals surface area (Å²) in [4.78, 5) is 15.3. The Kier molecular flexibility index (Phi) is 2.31. The molecule has 0 aromatic carbocycles. The third-order valence-electron chi connectivity index (χ3n) is 2.17. The maximum Gasteiger partial charge on any atom is 0.220 e. The third kappa shape index (κ3) is 2.06. The number of rotatable bonds is 2. The number of amides is 1. The van der Waals surface area contributed by atoms with Crippen LogP contribution in [0.1, 0.15) is 23.5 Å². The summed E-state index contributed by atoms with van der Waals surface area (Å²) in [7, 11) is 0. The Morgan fingerprint density at radius 2 is 2.62 bits per heavy atom. The zero-order chi connectivity index (χ0) is 9.26. The smallest absolute Gasteiger partial charge is 0.220 e. The van der Waals surface area contributed by atoms with Gasteiger partial charge in [0.1, 0.15) is 0 Å². The molecule has 4 heteroatoms. The average Bonchev–Trinajstić information content (AvgIpc) is 2.62. The van der Waals surface area contributed by atoms with Crippen LogP contribution in [0, 0.1) is 6.92 Å². The van der Waals surface area contributed by atoms with E-state index in [2.05, 4.69) is 10.3 Å². The molecule has 0 aliphatic carbocycles. The molecule has 1 amide bonds. The van der Waals surface area contributed by atoms with Crippen LogP contribution in [-0.2, 0) is 11.2 Å². The molecule has 2 heterocycles. The van der Waals surface area contributed by atoms with Crippen molar-refractivity contribution in [2.75, 3.05) is 0 Å². The molecule has 0 saturated carbocycles. The molecule has 1 atom stereocenters. The lowest BCUT2D eigenvalue weighted by Gasteiger charge is -2.05. The van der Waals surface area contributed by atoms with Gasteiger partial charge in [-0.1, -0.05) is 0 Å². The Labute approximate surface area is 81.2 Å². The Hall–Kier alpha value is -0.900. The largest absolute Gasteiger partial charge is 0.353 e. The number of carbonyl (C=O) groups is 1. The van der Waals surface area contributed by atoms with Crippen molar-refractivity contribution in [3.63, 3.8) is 0 Å². The van der Waals surface area contributed by atoms with Crippen molar-refractivity contribution in [2.24, 2.45) is 0 Å². The first-order valence-corrected chi connectivity index (χ1v) is 5.32. The van der Waals surface area contributed by atoms with E-state index in [0.29, 0.717) is 12.5 Å². The van der Waals surface area contributed by atoms with E-state index >= 15 is 0 Å². The van der Waals surface area contributed by atoms with Crippen LogP contribution in [0.4, 0.5) is 0 Å². The molecule has 70 valence electrons. The van der Waals surface area contributed by atoms with E-state index < -0.39 is 0 Å². The van der Waals surface area contributed by atoms with Crippen molar-refractivity contribution in [1.29, 1.82) is 0 Å². The van der Waals surface area contributed by atoms with E-state index in [4.69, 9.17) is 0 Å². The van der Waals surface area contributed by atoms with Gasteiger partial charge >= 0.3 is 0 Å². The van der Waals surface area contributed by atoms with Gasteiger partial charge in [0, 0.05) is 30.0 Å². The monoisotopic (exact) mass is 196 g/mol. The number of hydrogen-bond donors (Lipinski definition) is 1. The molecule has 1 saturated heterocycles. The second-order valence-corrected chi connectivity index (χ2v) is 4.33. The maximum absolute atomic E-state index is 10.9. The number of carbonyl (C=O) groups excluding carboxylic acids is 1. The van der Waals surface area contributed by atoms with E-state index in [-0.39, 0.29) is 5.91 Å². The highest BCUT2D eigenvalue weighted by atomic mass is 32.1. The highest BCUT2D eigenvalue weighted by Crippen LogP contribution is 2.15. The molecule has 3 nitrogen and oxygen atoms in total. The lowest BCUT2D eigenvalue weighted by Crippen LogP contribution is -2.27. The molecule has 1 aromatic rings. The van der Waals surface area contributed by atoms with Crippen LogP contribution >= 0.6 is 11.3 Å². The summed E-state index contributed by atoms with van der Waals surface area (Å²) in [6, 6.07) is 0.318. The second-order valence-electron chi connectivity index (χ2n) is 3.39. The highest BCUT2D eigenvalue weighted by molar-refractivity contribution is 7.09. The standard InChI is InChI=1S/C9H12N2OS/c1-6-5-13-9(10-6)4-7-2-3-8(12)11-7/h5,7H,2-4H2,1H3,(H,11,12). The Bertz CT molecular complexity index is 321. The van der Waals surface area contributed by atoms with Crippen LogP contribution in [0.15, 0.2) is 5.38 Å². The first kappa shape index (κ1) is 8.69. The van der Waals surface area contributed by atoms with Gasteiger partial charge in [0.2, 0.25) is 5.91 Å². The fraction of sp³-hybridized carbons (Fsp3) is 0.556. The minimum absolute atomic E-state index is 0.179. The van der Waals surface area contributed by atoms with Crippen molar-refractivity contribution in [2.45, 2.75) is 32.2 Å². The quantitative estimate of drug-likeness (QED) is 0.774. The first-order chi connectivity index (χ1) is 6.24. The fourth-order valence-electron chi connectivity index (χ4n) is 1.54. The van der Waals surface area contributed by atoms with Crippen molar-refractivity contribution in [3.05, 3.63) is 16.1 Å². The molecule has 2 rings (SSSR count). The lowest BCUT2D eigenvalue weighted by molar-refractivity contribution is -0.119. The molecule has 1 unspecified atom stereocenters. The fourth-order valence-corrected chi connectivity index (χ4v) is 2.39. The van der Waals surface area contributed by atoms with E-state index in [1.165, 1.54) is 0 Å². The molecule has 13 heavy (non-hydrogen) atoms. The predicted molar refractivity (Wildman–Crippen MR) is 51.7 cm³/mol. The molecule has 1 aliphatic rings. The van der Waals surface area contributed by atoms with Gasteiger partial charge in [-0.2, -0.15) is 0 Å².